The van der Waals surface area contributed by atoms with Crippen molar-refractivity contribution in [2.45, 2.75) is 6.54 Å². The Morgan fingerprint density at radius 1 is 0.793 bits per heavy atom. The lowest BCUT2D eigenvalue weighted by molar-refractivity contribution is 0.0944. The third kappa shape index (κ3) is 4.79. The number of methoxy groups -OCH3 is 3. The highest BCUT2D eigenvalue weighted by molar-refractivity contribution is 5.98. The van der Waals surface area contributed by atoms with Crippen molar-refractivity contribution in [1.29, 1.82) is 0 Å². The molecule has 0 radical (unpaired) electrons. The first-order valence-corrected chi connectivity index (χ1v) is 9.13. The molecule has 29 heavy (non-hydrogen) atoms. The zero-order valence-corrected chi connectivity index (χ0v) is 16.7. The Bertz CT molecular complexity index is 946. The van der Waals surface area contributed by atoms with Crippen LogP contribution in [0, 0.1) is 0 Å². The van der Waals surface area contributed by atoms with Gasteiger partial charge >= 0.3 is 0 Å². The molecule has 1 N–H and O–H groups in total. The van der Waals surface area contributed by atoms with E-state index < -0.39 is 0 Å². The molecule has 150 valence electrons. The monoisotopic (exact) mass is 392 g/mol. The van der Waals surface area contributed by atoms with Crippen molar-refractivity contribution in [1.82, 2.24) is 5.43 Å². The molecule has 3 rings (SSSR count). The second kappa shape index (κ2) is 9.50. The molecule has 6 nitrogen and oxygen atoms in total. The van der Waals surface area contributed by atoms with Gasteiger partial charge in [0.05, 0.1) is 39.1 Å². The van der Waals surface area contributed by atoms with E-state index in [-0.39, 0.29) is 5.91 Å². The number of rotatable bonds is 8. The van der Waals surface area contributed by atoms with E-state index in [1.165, 1.54) is 21.3 Å². The zero-order chi connectivity index (χ0) is 20.6. The number of nitrogens with zero attached hydrogens (tertiary/aromatic N) is 1. The van der Waals surface area contributed by atoms with Crippen LogP contribution >= 0.6 is 0 Å². The molecule has 0 aliphatic carbocycles. The van der Waals surface area contributed by atoms with E-state index >= 15 is 0 Å². The fraction of sp³-hybridized carbons (Fsp3) is 0.174. The quantitative estimate of drug-likeness (QED) is 0.586. The second-order valence-electron chi connectivity index (χ2n) is 6.26. The van der Waals surface area contributed by atoms with Crippen molar-refractivity contribution < 1.29 is 19.0 Å². The lowest BCUT2D eigenvalue weighted by atomic mass is 10.1. The zero-order valence-electron chi connectivity index (χ0n) is 16.7. The number of amides is 1. The Morgan fingerprint density at radius 3 is 1.93 bits per heavy atom. The largest absolute Gasteiger partial charge is 0.496 e. The van der Waals surface area contributed by atoms with Gasteiger partial charge < -0.3 is 14.2 Å². The van der Waals surface area contributed by atoms with Crippen molar-refractivity contribution in [3.05, 3.63) is 83.9 Å². The van der Waals surface area contributed by atoms with Crippen LogP contribution in [0.5, 0.6) is 17.2 Å². The lowest BCUT2D eigenvalue weighted by Crippen LogP contribution is -2.42. The molecule has 0 aliphatic rings. The average Bonchev–Trinajstić information content (AvgIpc) is 2.78. The minimum Gasteiger partial charge on any atom is -0.496 e. The van der Waals surface area contributed by atoms with Crippen molar-refractivity contribution in [2.75, 3.05) is 26.3 Å². The van der Waals surface area contributed by atoms with Gasteiger partial charge in [-0.1, -0.05) is 48.5 Å². The molecule has 0 saturated carbocycles. The van der Waals surface area contributed by atoms with Gasteiger partial charge in [-0.15, -0.1) is 0 Å². The van der Waals surface area contributed by atoms with Crippen LogP contribution in [0.4, 0.5) is 5.69 Å². The minimum atomic E-state index is -0.317. The van der Waals surface area contributed by atoms with E-state index in [2.05, 4.69) is 5.43 Å². The molecule has 1 amide bonds. The number of carbonyl (C=O) groups is 1. The molecule has 0 aliphatic heterocycles. The summed E-state index contributed by atoms with van der Waals surface area (Å²) in [6.45, 7) is 0.506. The van der Waals surface area contributed by atoms with Crippen molar-refractivity contribution in [3.8, 4) is 17.2 Å². The maximum atomic E-state index is 13.1. The molecule has 3 aromatic rings. The standard InChI is InChI=1S/C23H24N2O4/c1-27-20-15-22(29-3)21(28-2)14-19(20)23(26)24-25(18-12-8-5-9-13-18)16-17-10-6-4-7-11-17/h4-15H,16H2,1-3H3,(H,24,26). The molecule has 0 heterocycles. The third-order valence-corrected chi connectivity index (χ3v) is 4.44. The molecule has 0 unspecified atom stereocenters. The van der Waals surface area contributed by atoms with Gasteiger partial charge in [0.25, 0.3) is 5.91 Å². The van der Waals surface area contributed by atoms with Gasteiger partial charge in [0.1, 0.15) is 5.75 Å². The Morgan fingerprint density at radius 2 is 1.34 bits per heavy atom. The summed E-state index contributed by atoms with van der Waals surface area (Å²) in [5, 5.41) is 1.80. The number of hydrogen-bond donors (Lipinski definition) is 1. The number of hydrazine groups is 1. The van der Waals surface area contributed by atoms with Crippen LogP contribution in [0.25, 0.3) is 0 Å². The van der Waals surface area contributed by atoms with Crippen LogP contribution in [0.3, 0.4) is 0 Å². The van der Waals surface area contributed by atoms with E-state index in [9.17, 15) is 4.79 Å². The first-order chi connectivity index (χ1) is 14.2. The van der Waals surface area contributed by atoms with Gasteiger partial charge in [-0.25, -0.2) is 0 Å². The summed E-state index contributed by atoms with van der Waals surface area (Å²) < 4.78 is 16.0. The van der Waals surface area contributed by atoms with E-state index in [1.807, 2.05) is 60.7 Å². The Labute approximate surface area is 170 Å². The highest BCUT2D eigenvalue weighted by Crippen LogP contribution is 2.34. The van der Waals surface area contributed by atoms with Crippen LogP contribution in [0.1, 0.15) is 15.9 Å². The molecule has 3 aromatic carbocycles. The number of anilines is 1. The SMILES string of the molecule is COc1cc(OC)c(C(=O)NN(Cc2ccccc2)c2ccccc2)cc1OC. The third-order valence-electron chi connectivity index (χ3n) is 4.44. The van der Waals surface area contributed by atoms with Gasteiger partial charge in [-0.2, -0.15) is 0 Å². The van der Waals surface area contributed by atoms with Gasteiger partial charge in [0.15, 0.2) is 11.5 Å². The first kappa shape index (κ1) is 20.1. The number of hydrogen-bond acceptors (Lipinski definition) is 5. The van der Waals surface area contributed by atoms with Crippen molar-refractivity contribution in [3.63, 3.8) is 0 Å². The number of para-hydroxylation sites is 1. The summed E-state index contributed by atoms with van der Waals surface area (Å²) in [6, 6.07) is 22.8. The van der Waals surface area contributed by atoms with Crippen molar-refractivity contribution >= 4 is 11.6 Å². The average molecular weight is 392 g/mol. The molecule has 6 heteroatoms. The fourth-order valence-corrected chi connectivity index (χ4v) is 2.96. The highest BCUT2D eigenvalue weighted by atomic mass is 16.5. The molecular weight excluding hydrogens is 368 g/mol. The van der Waals surface area contributed by atoms with Crippen molar-refractivity contribution in [2.24, 2.45) is 0 Å². The molecular formula is C23H24N2O4. The van der Waals surface area contributed by atoms with E-state index in [4.69, 9.17) is 14.2 Å². The van der Waals surface area contributed by atoms with Crippen LogP contribution < -0.4 is 24.6 Å². The number of benzene rings is 3. The molecule has 0 atom stereocenters. The maximum Gasteiger partial charge on any atom is 0.273 e. The predicted molar refractivity (Wildman–Crippen MR) is 113 cm³/mol. The Balaban J connectivity index is 1.92. The first-order valence-electron chi connectivity index (χ1n) is 9.13. The molecule has 0 fully saturated rings. The summed E-state index contributed by atoms with van der Waals surface area (Å²) in [5.74, 6) is 1.02. The molecule has 0 aromatic heterocycles. The Kier molecular flexibility index (Phi) is 6.58. The molecule has 0 saturated heterocycles. The summed E-state index contributed by atoms with van der Waals surface area (Å²) in [6.07, 6.45) is 0. The van der Waals surface area contributed by atoms with E-state index in [0.717, 1.165) is 11.3 Å². The van der Waals surface area contributed by atoms with Gasteiger partial charge in [0, 0.05) is 12.1 Å². The van der Waals surface area contributed by atoms with Gasteiger partial charge in [-0.3, -0.25) is 15.2 Å². The predicted octanol–water partition coefficient (Wildman–Crippen LogP) is 4.06. The summed E-state index contributed by atoms with van der Waals surface area (Å²) in [7, 11) is 4.57. The van der Waals surface area contributed by atoms with Crippen LogP contribution in [-0.2, 0) is 6.54 Å². The molecule has 0 bridgehead atoms. The number of ether oxygens (including phenoxy) is 3. The fourth-order valence-electron chi connectivity index (χ4n) is 2.96. The number of nitrogens with one attached hydrogen (secondary N) is 1. The van der Waals surface area contributed by atoms with Crippen LogP contribution in [0.2, 0.25) is 0 Å². The summed E-state index contributed by atoms with van der Waals surface area (Å²) in [5.41, 5.74) is 5.26. The normalized spacial score (nSPS) is 10.2. The van der Waals surface area contributed by atoms with Gasteiger partial charge in [-0.05, 0) is 17.7 Å². The lowest BCUT2D eigenvalue weighted by Gasteiger charge is -2.26. The highest BCUT2D eigenvalue weighted by Gasteiger charge is 2.20. The van der Waals surface area contributed by atoms with Crippen LogP contribution in [0.15, 0.2) is 72.8 Å². The smallest absolute Gasteiger partial charge is 0.273 e. The second-order valence-corrected chi connectivity index (χ2v) is 6.26. The summed E-state index contributed by atoms with van der Waals surface area (Å²) >= 11 is 0. The van der Waals surface area contributed by atoms with E-state index in [0.29, 0.717) is 29.4 Å². The number of carbonyl (C=O) groups excluding carboxylic acids is 1. The topological polar surface area (TPSA) is 60.0 Å². The minimum absolute atomic E-state index is 0.317. The summed E-state index contributed by atoms with van der Waals surface area (Å²) in [4.78, 5) is 13.1. The van der Waals surface area contributed by atoms with Crippen LogP contribution in [-0.4, -0.2) is 27.2 Å². The van der Waals surface area contributed by atoms with E-state index in [1.54, 1.807) is 17.1 Å². The Hall–Kier alpha value is -3.67. The molecule has 0 spiro atoms. The van der Waals surface area contributed by atoms with Gasteiger partial charge in [0.2, 0.25) is 0 Å². The maximum absolute atomic E-state index is 13.1.